The minimum atomic E-state index is -0.244. The molecule has 0 saturated carbocycles. The van der Waals surface area contributed by atoms with Crippen LogP contribution in [0, 0.1) is 0 Å². The van der Waals surface area contributed by atoms with Crippen LogP contribution in [0.2, 0.25) is 0 Å². The Labute approximate surface area is 162 Å². The van der Waals surface area contributed by atoms with Crippen molar-refractivity contribution in [2.45, 2.75) is 0 Å². The van der Waals surface area contributed by atoms with Gasteiger partial charge >= 0.3 is 0 Å². The molecule has 0 aliphatic rings. The van der Waals surface area contributed by atoms with Crippen LogP contribution in [0.5, 0.6) is 5.75 Å². The molecule has 0 radical (unpaired) electrons. The van der Waals surface area contributed by atoms with E-state index in [-0.39, 0.29) is 5.91 Å². The molecule has 2 heterocycles. The lowest BCUT2D eigenvalue weighted by atomic mass is 10.1. The molecule has 0 atom stereocenters. The summed E-state index contributed by atoms with van der Waals surface area (Å²) >= 11 is 0. The predicted molar refractivity (Wildman–Crippen MR) is 108 cm³/mol. The summed E-state index contributed by atoms with van der Waals surface area (Å²) in [5.74, 6) is 0.457. The standard InChI is InChI=1S/C22H18N4O2/c1-28-19-9-5-6-16(14-19)21-20(22(27)24-17-10-12-23-13-11-17)15-26(25-21)18-7-3-2-4-8-18/h2-15H,1H3,(H,23,24,27). The molecule has 138 valence electrons. The number of ether oxygens (including phenoxy) is 1. The number of methoxy groups -OCH3 is 1. The Balaban J connectivity index is 1.78. The highest BCUT2D eigenvalue weighted by molar-refractivity contribution is 6.08. The van der Waals surface area contributed by atoms with Gasteiger partial charge in [-0.1, -0.05) is 30.3 Å². The van der Waals surface area contributed by atoms with E-state index in [1.165, 1.54) is 0 Å². The van der Waals surface area contributed by atoms with E-state index in [9.17, 15) is 4.79 Å². The van der Waals surface area contributed by atoms with Gasteiger partial charge < -0.3 is 10.1 Å². The van der Waals surface area contributed by atoms with Crippen molar-refractivity contribution in [3.8, 4) is 22.7 Å². The van der Waals surface area contributed by atoms with Gasteiger partial charge in [0.2, 0.25) is 0 Å². The normalized spacial score (nSPS) is 10.5. The fourth-order valence-corrected chi connectivity index (χ4v) is 2.87. The number of carbonyl (C=O) groups excluding carboxylic acids is 1. The molecule has 0 bridgehead atoms. The van der Waals surface area contributed by atoms with E-state index in [0.29, 0.717) is 22.7 Å². The SMILES string of the molecule is COc1cccc(-c2nn(-c3ccccc3)cc2C(=O)Nc2ccncc2)c1. The first kappa shape index (κ1) is 17.5. The lowest BCUT2D eigenvalue weighted by Crippen LogP contribution is -2.12. The number of amides is 1. The highest BCUT2D eigenvalue weighted by Crippen LogP contribution is 2.27. The van der Waals surface area contributed by atoms with E-state index in [0.717, 1.165) is 11.3 Å². The van der Waals surface area contributed by atoms with Crippen LogP contribution < -0.4 is 10.1 Å². The molecule has 4 aromatic rings. The molecule has 6 heteroatoms. The fourth-order valence-electron chi connectivity index (χ4n) is 2.87. The maximum Gasteiger partial charge on any atom is 0.259 e. The molecule has 1 amide bonds. The molecular formula is C22H18N4O2. The van der Waals surface area contributed by atoms with Crippen molar-refractivity contribution in [1.82, 2.24) is 14.8 Å². The first-order chi connectivity index (χ1) is 13.7. The number of anilines is 1. The average molecular weight is 370 g/mol. The summed E-state index contributed by atoms with van der Waals surface area (Å²) in [5, 5.41) is 7.57. The summed E-state index contributed by atoms with van der Waals surface area (Å²) in [5.41, 5.74) is 3.38. The quantitative estimate of drug-likeness (QED) is 0.572. The number of hydrogen-bond donors (Lipinski definition) is 1. The zero-order chi connectivity index (χ0) is 19.3. The van der Waals surface area contributed by atoms with Crippen molar-refractivity contribution < 1.29 is 9.53 Å². The summed E-state index contributed by atoms with van der Waals surface area (Å²) in [6.45, 7) is 0. The maximum atomic E-state index is 13.0. The van der Waals surface area contributed by atoms with Crippen LogP contribution in [0.3, 0.4) is 0 Å². The number of nitrogens with zero attached hydrogens (tertiary/aromatic N) is 3. The van der Waals surface area contributed by atoms with E-state index in [4.69, 9.17) is 4.74 Å². The van der Waals surface area contributed by atoms with Gasteiger partial charge in [0.1, 0.15) is 11.4 Å². The largest absolute Gasteiger partial charge is 0.497 e. The van der Waals surface area contributed by atoms with Crippen LogP contribution in [0.1, 0.15) is 10.4 Å². The third kappa shape index (κ3) is 3.61. The smallest absolute Gasteiger partial charge is 0.259 e. The topological polar surface area (TPSA) is 69.0 Å². The van der Waals surface area contributed by atoms with Crippen LogP contribution in [-0.2, 0) is 0 Å². The van der Waals surface area contributed by atoms with Gasteiger partial charge in [0.25, 0.3) is 5.91 Å². The van der Waals surface area contributed by atoms with Crippen molar-refractivity contribution >= 4 is 11.6 Å². The van der Waals surface area contributed by atoms with Crippen LogP contribution >= 0.6 is 0 Å². The second-order valence-electron chi connectivity index (χ2n) is 6.09. The number of benzene rings is 2. The van der Waals surface area contributed by atoms with Crippen molar-refractivity contribution in [2.24, 2.45) is 0 Å². The Hall–Kier alpha value is -3.93. The van der Waals surface area contributed by atoms with Crippen molar-refractivity contribution in [3.63, 3.8) is 0 Å². The molecular weight excluding hydrogens is 352 g/mol. The third-order valence-electron chi connectivity index (χ3n) is 4.26. The van der Waals surface area contributed by atoms with Gasteiger partial charge in [0.05, 0.1) is 18.4 Å². The van der Waals surface area contributed by atoms with Gasteiger partial charge in [-0.2, -0.15) is 5.10 Å². The average Bonchev–Trinajstić information content (AvgIpc) is 3.21. The number of hydrogen-bond acceptors (Lipinski definition) is 4. The molecule has 0 spiro atoms. The van der Waals surface area contributed by atoms with Gasteiger partial charge in [0.15, 0.2) is 0 Å². The summed E-state index contributed by atoms with van der Waals surface area (Å²) in [4.78, 5) is 17.0. The monoisotopic (exact) mass is 370 g/mol. The lowest BCUT2D eigenvalue weighted by Gasteiger charge is -2.06. The summed E-state index contributed by atoms with van der Waals surface area (Å²) < 4.78 is 7.03. The van der Waals surface area contributed by atoms with Crippen LogP contribution in [-0.4, -0.2) is 27.8 Å². The Morgan fingerprint density at radius 2 is 1.79 bits per heavy atom. The zero-order valence-electron chi connectivity index (χ0n) is 15.2. The van der Waals surface area contributed by atoms with E-state index < -0.39 is 0 Å². The Morgan fingerprint density at radius 3 is 2.54 bits per heavy atom. The van der Waals surface area contributed by atoms with E-state index in [1.807, 2.05) is 54.6 Å². The molecule has 0 fully saturated rings. The molecule has 0 aliphatic carbocycles. The Kier molecular flexibility index (Phi) is 4.84. The second-order valence-corrected chi connectivity index (χ2v) is 6.09. The van der Waals surface area contributed by atoms with E-state index in [1.54, 1.807) is 42.5 Å². The van der Waals surface area contributed by atoms with E-state index in [2.05, 4.69) is 15.4 Å². The number of aromatic nitrogens is 3. The summed E-state index contributed by atoms with van der Waals surface area (Å²) in [6.07, 6.45) is 5.00. The summed E-state index contributed by atoms with van der Waals surface area (Å²) in [7, 11) is 1.61. The Morgan fingerprint density at radius 1 is 1.00 bits per heavy atom. The first-order valence-corrected chi connectivity index (χ1v) is 8.75. The van der Waals surface area contributed by atoms with Gasteiger partial charge in [-0.25, -0.2) is 4.68 Å². The third-order valence-corrected chi connectivity index (χ3v) is 4.26. The predicted octanol–water partition coefficient (Wildman–Crippen LogP) is 4.20. The zero-order valence-corrected chi connectivity index (χ0v) is 15.2. The highest BCUT2D eigenvalue weighted by atomic mass is 16.5. The minimum Gasteiger partial charge on any atom is -0.497 e. The molecule has 2 aromatic carbocycles. The van der Waals surface area contributed by atoms with Crippen LogP contribution in [0.15, 0.2) is 85.3 Å². The van der Waals surface area contributed by atoms with E-state index >= 15 is 0 Å². The van der Waals surface area contributed by atoms with Gasteiger partial charge in [-0.3, -0.25) is 9.78 Å². The molecule has 0 unspecified atom stereocenters. The molecule has 4 rings (SSSR count). The molecule has 2 aromatic heterocycles. The minimum absolute atomic E-state index is 0.244. The van der Waals surface area contributed by atoms with Gasteiger partial charge in [-0.15, -0.1) is 0 Å². The molecule has 1 N–H and O–H groups in total. The summed E-state index contributed by atoms with van der Waals surface area (Å²) in [6, 6.07) is 20.7. The number of pyridine rings is 1. The Bertz CT molecular complexity index is 1090. The fraction of sp³-hybridized carbons (Fsp3) is 0.0455. The lowest BCUT2D eigenvalue weighted by molar-refractivity contribution is 0.102. The number of carbonyl (C=O) groups is 1. The molecule has 0 saturated heterocycles. The number of nitrogens with one attached hydrogen (secondary N) is 1. The highest BCUT2D eigenvalue weighted by Gasteiger charge is 2.19. The number of rotatable bonds is 5. The maximum absolute atomic E-state index is 13.0. The molecule has 0 aliphatic heterocycles. The molecule has 6 nitrogen and oxygen atoms in total. The van der Waals surface area contributed by atoms with Gasteiger partial charge in [-0.05, 0) is 36.4 Å². The van der Waals surface area contributed by atoms with Gasteiger partial charge in [0, 0.05) is 29.8 Å². The first-order valence-electron chi connectivity index (χ1n) is 8.75. The van der Waals surface area contributed by atoms with Crippen molar-refractivity contribution in [2.75, 3.05) is 12.4 Å². The van der Waals surface area contributed by atoms with Crippen molar-refractivity contribution in [1.29, 1.82) is 0 Å². The van der Waals surface area contributed by atoms with Crippen molar-refractivity contribution in [3.05, 3.63) is 90.9 Å². The van der Waals surface area contributed by atoms with Crippen LogP contribution in [0.4, 0.5) is 5.69 Å². The molecule has 28 heavy (non-hydrogen) atoms. The van der Waals surface area contributed by atoms with Crippen LogP contribution in [0.25, 0.3) is 16.9 Å². The number of para-hydroxylation sites is 1. The second kappa shape index (κ2) is 7.75.